The zero-order valence-electron chi connectivity index (χ0n) is 15.3. The van der Waals surface area contributed by atoms with Gasteiger partial charge in [0.05, 0.1) is 14.2 Å². The first kappa shape index (κ1) is 19.7. The van der Waals surface area contributed by atoms with Crippen LogP contribution in [0, 0.1) is 5.92 Å². The van der Waals surface area contributed by atoms with Gasteiger partial charge >= 0.3 is 0 Å². The largest absolute Gasteiger partial charge is 0.493 e. The average Bonchev–Trinajstić information content (AvgIpc) is 2.57. The Labute approximate surface area is 156 Å². The lowest BCUT2D eigenvalue weighted by molar-refractivity contribution is 0.164. The lowest BCUT2D eigenvalue weighted by Crippen LogP contribution is -2.36. The maximum atomic E-state index is 6.34. The number of rotatable bonds is 7. The highest BCUT2D eigenvalue weighted by atomic mass is 35.5. The fourth-order valence-corrected chi connectivity index (χ4v) is 3.90. The number of hydrogen-bond donors (Lipinski definition) is 0. The van der Waals surface area contributed by atoms with Crippen molar-refractivity contribution in [3.63, 3.8) is 0 Å². The molecule has 0 bridgehead atoms. The van der Waals surface area contributed by atoms with Gasteiger partial charge in [-0.15, -0.1) is 23.2 Å². The predicted octanol–water partition coefficient (Wildman–Crippen LogP) is 4.88. The third-order valence-corrected chi connectivity index (χ3v) is 6.14. The summed E-state index contributed by atoms with van der Waals surface area (Å²) in [5.41, 5.74) is 2.70. The smallest absolute Gasteiger partial charge is 0.161 e. The van der Waals surface area contributed by atoms with Crippen molar-refractivity contribution in [3.8, 4) is 11.5 Å². The molecule has 1 aromatic rings. The Hall–Kier alpha value is -0.640. The van der Waals surface area contributed by atoms with Gasteiger partial charge in [-0.1, -0.05) is 6.92 Å². The minimum atomic E-state index is -0.000376. The Morgan fingerprint density at radius 3 is 2.33 bits per heavy atom. The van der Waals surface area contributed by atoms with Gasteiger partial charge in [-0.25, -0.2) is 0 Å². The fourth-order valence-electron chi connectivity index (χ4n) is 3.65. The van der Waals surface area contributed by atoms with Crippen molar-refractivity contribution in [3.05, 3.63) is 23.3 Å². The summed E-state index contributed by atoms with van der Waals surface area (Å²) < 4.78 is 11.0. The van der Waals surface area contributed by atoms with E-state index in [1.807, 2.05) is 6.92 Å². The number of hydrogen-bond acceptors (Lipinski definition) is 3. The molecular formula is C19H29Cl2NO2. The molecule has 0 aliphatic carbocycles. The summed E-state index contributed by atoms with van der Waals surface area (Å²) in [5.74, 6) is 2.10. The summed E-state index contributed by atoms with van der Waals surface area (Å²) in [5, 5.41) is 0.0208. The van der Waals surface area contributed by atoms with Crippen molar-refractivity contribution in [2.45, 2.75) is 49.9 Å². The summed E-state index contributed by atoms with van der Waals surface area (Å²) >= 11 is 12.4. The lowest BCUT2D eigenvalue weighted by atomic mass is 9.83. The maximum absolute atomic E-state index is 6.34. The normalized spacial score (nSPS) is 21.7. The van der Waals surface area contributed by atoms with Gasteiger partial charge in [-0.3, -0.25) is 4.90 Å². The van der Waals surface area contributed by atoms with E-state index >= 15 is 0 Å². The van der Waals surface area contributed by atoms with Crippen LogP contribution in [0.4, 0.5) is 0 Å². The van der Waals surface area contributed by atoms with E-state index in [4.69, 9.17) is 32.7 Å². The molecule has 1 aromatic carbocycles. The third-order valence-electron chi connectivity index (χ3n) is 5.11. The van der Waals surface area contributed by atoms with E-state index in [0.29, 0.717) is 12.0 Å². The fraction of sp³-hybridized carbons (Fsp3) is 0.684. The van der Waals surface area contributed by atoms with Crippen LogP contribution in [0.5, 0.6) is 11.5 Å². The number of fused-ring (bicyclic) bond motifs is 1. The summed E-state index contributed by atoms with van der Waals surface area (Å²) in [4.78, 5) is 2.44. The van der Waals surface area contributed by atoms with Gasteiger partial charge < -0.3 is 9.47 Å². The van der Waals surface area contributed by atoms with E-state index in [-0.39, 0.29) is 10.8 Å². The van der Waals surface area contributed by atoms with Crippen molar-refractivity contribution in [1.29, 1.82) is 0 Å². The van der Waals surface area contributed by atoms with Crippen LogP contribution in [0.15, 0.2) is 12.1 Å². The van der Waals surface area contributed by atoms with Crippen LogP contribution < -0.4 is 9.47 Å². The monoisotopic (exact) mass is 373 g/mol. The number of ether oxygens (including phenoxy) is 2. The maximum Gasteiger partial charge on any atom is 0.161 e. The number of nitrogens with zero attached hydrogens (tertiary/aromatic N) is 1. The number of benzene rings is 1. The van der Waals surface area contributed by atoms with Crippen LogP contribution in [0.2, 0.25) is 0 Å². The van der Waals surface area contributed by atoms with E-state index in [9.17, 15) is 0 Å². The molecule has 0 radical (unpaired) electrons. The summed E-state index contributed by atoms with van der Waals surface area (Å²) in [6.45, 7) is 5.31. The highest BCUT2D eigenvalue weighted by molar-refractivity contribution is 6.29. The Balaban J connectivity index is 2.24. The first-order chi connectivity index (χ1) is 11.4. The number of methoxy groups -OCH3 is 2. The van der Waals surface area contributed by atoms with Crippen LogP contribution in [0.25, 0.3) is 0 Å². The van der Waals surface area contributed by atoms with Gasteiger partial charge in [0.25, 0.3) is 0 Å². The third kappa shape index (κ3) is 4.30. The second-order valence-electron chi connectivity index (χ2n) is 6.83. The number of alkyl halides is 2. The molecule has 0 N–H and O–H groups in total. The quantitative estimate of drug-likeness (QED) is 0.635. The van der Waals surface area contributed by atoms with E-state index < -0.39 is 0 Å². The van der Waals surface area contributed by atoms with E-state index in [1.165, 1.54) is 11.1 Å². The summed E-state index contributed by atoms with van der Waals surface area (Å²) in [6.07, 6.45) is 3.01. The molecule has 1 aliphatic rings. The molecule has 1 aliphatic heterocycles. The molecule has 0 spiro atoms. The van der Waals surface area contributed by atoms with Crippen LogP contribution in [-0.2, 0) is 6.42 Å². The molecule has 0 saturated carbocycles. The SMILES string of the molecule is COc1cc2c(cc1OC)C(C(C)CCC(Cl)C(C)Cl)N(C)CC2. The Kier molecular flexibility index (Phi) is 7.09. The molecular weight excluding hydrogens is 345 g/mol. The Bertz CT molecular complexity index is 550. The van der Waals surface area contributed by atoms with Gasteiger partial charge in [0.2, 0.25) is 0 Å². The van der Waals surface area contributed by atoms with E-state index in [1.54, 1.807) is 14.2 Å². The van der Waals surface area contributed by atoms with Crippen LogP contribution in [-0.4, -0.2) is 43.5 Å². The van der Waals surface area contributed by atoms with Crippen LogP contribution >= 0.6 is 23.2 Å². The molecule has 0 saturated heterocycles. The Morgan fingerprint density at radius 1 is 1.12 bits per heavy atom. The summed E-state index contributed by atoms with van der Waals surface area (Å²) in [6, 6.07) is 4.64. The molecule has 2 rings (SSSR count). The molecule has 0 amide bonds. The molecule has 4 unspecified atom stereocenters. The first-order valence-electron chi connectivity index (χ1n) is 8.62. The summed E-state index contributed by atoms with van der Waals surface area (Å²) in [7, 11) is 5.57. The lowest BCUT2D eigenvalue weighted by Gasteiger charge is -2.39. The van der Waals surface area contributed by atoms with Gasteiger partial charge in [-0.05, 0) is 62.4 Å². The molecule has 4 atom stereocenters. The van der Waals surface area contributed by atoms with Crippen LogP contribution in [0.1, 0.15) is 43.9 Å². The molecule has 3 nitrogen and oxygen atoms in total. The van der Waals surface area contributed by atoms with Crippen molar-refractivity contribution < 1.29 is 9.47 Å². The van der Waals surface area contributed by atoms with Gasteiger partial charge in [0.15, 0.2) is 11.5 Å². The van der Waals surface area contributed by atoms with Crippen molar-refractivity contribution in [2.24, 2.45) is 5.92 Å². The van der Waals surface area contributed by atoms with Gasteiger partial charge in [-0.2, -0.15) is 0 Å². The average molecular weight is 374 g/mol. The van der Waals surface area contributed by atoms with Gasteiger partial charge in [0.1, 0.15) is 0 Å². The highest BCUT2D eigenvalue weighted by Crippen LogP contribution is 2.41. The zero-order valence-corrected chi connectivity index (χ0v) is 16.8. The molecule has 1 heterocycles. The topological polar surface area (TPSA) is 21.7 Å². The predicted molar refractivity (Wildman–Crippen MR) is 102 cm³/mol. The van der Waals surface area contributed by atoms with Crippen LogP contribution in [0.3, 0.4) is 0 Å². The van der Waals surface area contributed by atoms with Crippen molar-refractivity contribution in [1.82, 2.24) is 4.90 Å². The second-order valence-corrected chi connectivity index (χ2v) is 8.08. The molecule has 24 heavy (non-hydrogen) atoms. The van der Waals surface area contributed by atoms with Crippen molar-refractivity contribution >= 4 is 23.2 Å². The molecule has 0 aromatic heterocycles. The standard InChI is InChI=1S/C19H29Cl2NO2/c1-12(6-7-16(21)13(2)20)19-15-11-18(24-5)17(23-4)10-14(15)8-9-22(19)3/h10-13,16,19H,6-9H2,1-5H3. The highest BCUT2D eigenvalue weighted by Gasteiger charge is 2.31. The number of likely N-dealkylation sites (N-methyl/N-ethyl adjacent to an activating group) is 1. The molecule has 136 valence electrons. The van der Waals surface area contributed by atoms with E-state index in [0.717, 1.165) is 37.3 Å². The molecule has 5 heteroatoms. The van der Waals surface area contributed by atoms with Gasteiger partial charge in [0, 0.05) is 23.3 Å². The minimum absolute atomic E-state index is 0.000376. The second kappa shape index (κ2) is 8.64. The molecule has 0 fully saturated rings. The number of halogens is 2. The van der Waals surface area contributed by atoms with E-state index in [2.05, 4.69) is 31.0 Å². The Morgan fingerprint density at radius 2 is 1.75 bits per heavy atom. The minimum Gasteiger partial charge on any atom is -0.493 e. The zero-order chi connectivity index (χ0) is 17.9. The van der Waals surface area contributed by atoms with Crippen molar-refractivity contribution in [2.75, 3.05) is 27.8 Å². The first-order valence-corrected chi connectivity index (χ1v) is 9.49.